The maximum Gasteiger partial charge on any atom is 0.137 e. The van der Waals surface area contributed by atoms with Crippen molar-refractivity contribution in [2.45, 2.75) is 0 Å². The summed E-state index contributed by atoms with van der Waals surface area (Å²) in [4.78, 5) is 0. The van der Waals surface area contributed by atoms with Gasteiger partial charge in [0, 0.05) is 11.4 Å². The number of hydrogen-bond donors (Lipinski definition) is 1. The maximum atomic E-state index is 13.0. The molecule has 2 aromatic carbocycles. The molecule has 0 aliphatic carbocycles. The highest BCUT2D eigenvalue weighted by Gasteiger charge is 2.01. The number of nitrogens with zero attached hydrogens (tertiary/aromatic N) is 1. The molecule has 2 rings (SSSR count). The van der Waals surface area contributed by atoms with Gasteiger partial charge in [0.1, 0.15) is 5.82 Å². The molecule has 0 spiro atoms. The van der Waals surface area contributed by atoms with E-state index >= 15 is 0 Å². The first-order chi connectivity index (χ1) is 8.19. The van der Waals surface area contributed by atoms with Crippen LogP contribution in [0.25, 0.3) is 0 Å². The molecule has 0 aromatic heterocycles. The maximum absolute atomic E-state index is 13.0. The third kappa shape index (κ3) is 2.83. The molecule has 1 N–H and O–H groups in total. The van der Waals surface area contributed by atoms with Gasteiger partial charge in [-0.15, -0.1) is 0 Å². The van der Waals surface area contributed by atoms with Gasteiger partial charge >= 0.3 is 0 Å². The Morgan fingerprint density at radius 2 is 1.88 bits per heavy atom. The van der Waals surface area contributed by atoms with Crippen molar-refractivity contribution in [3.63, 3.8) is 0 Å². The largest absolute Gasteiger partial charge is 0.355 e. The zero-order valence-corrected chi connectivity index (χ0v) is 10.3. The third-order valence-electron chi connectivity index (χ3n) is 2.20. The lowest BCUT2D eigenvalue weighted by Crippen LogP contribution is -1.91. The minimum atomic E-state index is -0.304. The summed E-state index contributed by atoms with van der Waals surface area (Å²) in [7, 11) is 0. The highest BCUT2D eigenvalue weighted by atomic mass is 79.9. The average molecular weight is 291 g/mol. The molecule has 0 aliphatic rings. The lowest BCUT2D eigenvalue weighted by Gasteiger charge is -2.07. The minimum absolute atomic E-state index is 0.304. The van der Waals surface area contributed by atoms with Crippen molar-refractivity contribution in [3.8, 4) is 6.07 Å². The molecule has 0 amide bonds. The predicted molar refractivity (Wildman–Crippen MR) is 68.5 cm³/mol. The van der Waals surface area contributed by atoms with Crippen molar-refractivity contribution in [1.29, 1.82) is 5.26 Å². The Morgan fingerprint density at radius 1 is 1.12 bits per heavy atom. The normalized spacial score (nSPS) is 9.71. The van der Waals surface area contributed by atoms with Crippen LogP contribution < -0.4 is 5.32 Å². The lowest BCUT2D eigenvalue weighted by molar-refractivity contribution is 0.621. The molecule has 0 radical (unpaired) electrons. The monoisotopic (exact) mass is 290 g/mol. The molecule has 0 atom stereocenters. The topological polar surface area (TPSA) is 35.8 Å². The van der Waals surface area contributed by atoms with Crippen LogP contribution in [0.1, 0.15) is 5.56 Å². The molecule has 2 aromatic rings. The van der Waals surface area contributed by atoms with Gasteiger partial charge < -0.3 is 5.32 Å². The van der Waals surface area contributed by atoms with Crippen LogP contribution >= 0.6 is 15.9 Å². The summed E-state index contributed by atoms with van der Waals surface area (Å²) in [6, 6.07) is 13.8. The van der Waals surface area contributed by atoms with Gasteiger partial charge in [-0.1, -0.05) is 6.07 Å². The van der Waals surface area contributed by atoms with Crippen LogP contribution in [0.5, 0.6) is 0 Å². The lowest BCUT2D eigenvalue weighted by atomic mass is 10.2. The van der Waals surface area contributed by atoms with Gasteiger partial charge in [-0.2, -0.15) is 5.26 Å². The van der Waals surface area contributed by atoms with Crippen LogP contribution in [0.2, 0.25) is 0 Å². The molecule has 0 bridgehead atoms. The number of halogens is 2. The van der Waals surface area contributed by atoms with Gasteiger partial charge in [0.05, 0.1) is 16.1 Å². The van der Waals surface area contributed by atoms with Crippen LogP contribution in [-0.4, -0.2) is 0 Å². The standard InChI is InChI=1S/C13H8BrFN2/c14-12-7-11(4-5-13(12)15)17-10-3-1-2-9(6-10)8-16/h1-7,17H. The van der Waals surface area contributed by atoms with Crippen LogP contribution in [0.4, 0.5) is 15.8 Å². The second kappa shape index (κ2) is 4.98. The van der Waals surface area contributed by atoms with Crippen molar-refractivity contribution >= 4 is 27.3 Å². The smallest absolute Gasteiger partial charge is 0.137 e. The second-order valence-corrected chi connectivity index (χ2v) is 4.30. The molecule has 84 valence electrons. The quantitative estimate of drug-likeness (QED) is 0.900. The third-order valence-corrected chi connectivity index (χ3v) is 2.81. The van der Waals surface area contributed by atoms with Crippen molar-refractivity contribution in [1.82, 2.24) is 0 Å². The number of hydrogen-bond acceptors (Lipinski definition) is 2. The predicted octanol–water partition coefficient (Wildman–Crippen LogP) is 4.20. The summed E-state index contributed by atoms with van der Waals surface area (Å²) in [6.07, 6.45) is 0. The van der Waals surface area contributed by atoms with E-state index in [1.54, 1.807) is 30.3 Å². The summed E-state index contributed by atoms with van der Waals surface area (Å²) < 4.78 is 13.4. The van der Waals surface area contributed by atoms with E-state index in [4.69, 9.17) is 5.26 Å². The SMILES string of the molecule is N#Cc1cccc(Nc2ccc(F)c(Br)c2)c1. The van der Waals surface area contributed by atoms with E-state index in [1.165, 1.54) is 6.07 Å². The van der Waals surface area contributed by atoms with Crippen LogP contribution in [0.3, 0.4) is 0 Å². The minimum Gasteiger partial charge on any atom is -0.355 e. The molecular formula is C13H8BrFN2. The highest BCUT2D eigenvalue weighted by Crippen LogP contribution is 2.23. The Bertz CT molecular complexity index is 590. The van der Waals surface area contributed by atoms with Gasteiger partial charge in [-0.05, 0) is 52.3 Å². The first-order valence-electron chi connectivity index (χ1n) is 4.91. The number of rotatable bonds is 2. The Balaban J connectivity index is 2.25. The second-order valence-electron chi connectivity index (χ2n) is 3.45. The number of benzene rings is 2. The van der Waals surface area contributed by atoms with Crippen LogP contribution in [0, 0.1) is 17.1 Å². The fraction of sp³-hybridized carbons (Fsp3) is 0. The molecule has 0 heterocycles. The molecule has 4 heteroatoms. The van der Waals surface area contributed by atoms with Crippen LogP contribution in [0.15, 0.2) is 46.9 Å². The average Bonchev–Trinajstić information content (AvgIpc) is 2.34. The fourth-order valence-corrected chi connectivity index (χ4v) is 1.79. The Morgan fingerprint density at radius 3 is 2.59 bits per heavy atom. The molecule has 2 nitrogen and oxygen atoms in total. The number of nitrogens with one attached hydrogen (secondary N) is 1. The fourth-order valence-electron chi connectivity index (χ4n) is 1.41. The van der Waals surface area contributed by atoms with E-state index in [1.807, 2.05) is 6.07 Å². The molecule has 0 unspecified atom stereocenters. The molecule has 0 saturated heterocycles. The van der Waals surface area contributed by atoms with Crippen molar-refractivity contribution < 1.29 is 4.39 Å². The van der Waals surface area contributed by atoms with Crippen LogP contribution in [-0.2, 0) is 0 Å². The summed E-state index contributed by atoms with van der Waals surface area (Å²) >= 11 is 3.12. The molecular weight excluding hydrogens is 283 g/mol. The van der Waals surface area contributed by atoms with E-state index < -0.39 is 0 Å². The van der Waals surface area contributed by atoms with E-state index in [9.17, 15) is 4.39 Å². The summed E-state index contributed by atoms with van der Waals surface area (Å²) in [6.45, 7) is 0. The Labute approximate surface area is 107 Å². The van der Waals surface area contributed by atoms with Crippen molar-refractivity contribution in [3.05, 3.63) is 58.3 Å². The van der Waals surface area contributed by atoms with Gasteiger partial charge in [-0.3, -0.25) is 0 Å². The van der Waals surface area contributed by atoms with E-state index in [-0.39, 0.29) is 5.82 Å². The first kappa shape index (κ1) is 11.6. The van der Waals surface area contributed by atoms with Crippen molar-refractivity contribution in [2.75, 3.05) is 5.32 Å². The molecule has 0 fully saturated rings. The zero-order chi connectivity index (χ0) is 12.3. The molecule has 0 aliphatic heterocycles. The van der Waals surface area contributed by atoms with Gasteiger partial charge in [-0.25, -0.2) is 4.39 Å². The zero-order valence-electron chi connectivity index (χ0n) is 8.74. The number of anilines is 2. The summed E-state index contributed by atoms with van der Waals surface area (Å²) in [5.41, 5.74) is 2.13. The number of nitriles is 1. The summed E-state index contributed by atoms with van der Waals surface area (Å²) in [5, 5.41) is 11.9. The summed E-state index contributed by atoms with van der Waals surface area (Å²) in [5.74, 6) is -0.304. The Kier molecular flexibility index (Phi) is 3.40. The van der Waals surface area contributed by atoms with Gasteiger partial charge in [0.25, 0.3) is 0 Å². The van der Waals surface area contributed by atoms with Gasteiger partial charge in [0.15, 0.2) is 0 Å². The van der Waals surface area contributed by atoms with E-state index in [2.05, 4.69) is 27.3 Å². The molecule has 0 saturated carbocycles. The van der Waals surface area contributed by atoms with E-state index in [0.29, 0.717) is 10.0 Å². The molecule has 17 heavy (non-hydrogen) atoms. The van der Waals surface area contributed by atoms with E-state index in [0.717, 1.165) is 11.4 Å². The Hall–Kier alpha value is -1.86. The van der Waals surface area contributed by atoms with Crippen molar-refractivity contribution in [2.24, 2.45) is 0 Å². The van der Waals surface area contributed by atoms with Gasteiger partial charge in [0.2, 0.25) is 0 Å². The first-order valence-corrected chi connectivity index (χ1v) is 5.70. The highest BCUT2D eigenvalue weighted by molar-refractivity contribution is 9.10.